The van der Waals surface area contributed by atoms with Crippen molar-refractivity contribution < 1.29 is 4.79 Å². The maximum Gasteiger partial charge on any atom is 0.171 e. The van der Waals surface area contributed by atoms with Crippen molar-refractivity contribution in [2.24, 2.45) is 0 Å². The fraction of sp³-hybridized carbons (Fsp3) is 0.200. The predicted octanol–water partition coefficient (Wildman–Crippen LogP) is 2.01. The zero-order valence-corrected chi connectivity index (χ0v) is 6.44. The highest BCUT2D eigenvalue weighted by Crippen LogP contribution is 2.07. The minimum absolute atomic E-state index is 0.0624. The summed E-state index contributed by atoms with van der Waals surface area (Å²) in [6.07, 6.45) is 1.63. The Balaban J connectivity index is 3.12. The number of rotatable bonds is 1. The van der Waals surface area contributed by atoms with Crippen molar-refractivity contribution in [2.75, 3.05) is 0 Å². The van der Waals surface area contributed by atoms with Crippen LogP contribution in [0.4, 0.5) is 0 Å². The Hall–Kier alpha value is -0.480. The summed E-state index contributed by atoms with van der Waals surface area (Å²) in [5.41, 5.74) is 0. The van der Waals surface area contributed by atoms with Gasteiger partial charge in [-0.2, -0.15) is 0 Å². The van der Waals surface area contributed by atoms with Gasteiger partial charge in [0.05, 0.1) is 4.88 Å². The summed E-state index contributed by atoms with van der Waals surface area (Å²) in [6, 6.07) is 0. The minimum atomic E-state index is 0.0624. The second kappa shape index (κ2) is 2.41. The number of hydrogen-bond acceptors (Lipinski definition) is 3. The van der Waals surface area contributed by atoms with E-state index in [1.54, 1.807) is 6.20 Å². The average Bonchev–Trinajstić information content (AvgIpc) is 2.14. The number of nitrogens with one attached hydrogen (secondary N) is 1. The molecule has 0 aliphatic heterocycles. The van der Waals surface area contributed by atoms with Crippen molar-refractivity contribution in [2.45, 2.75) is 6.92 Å². The number of aromatic amines is 1. The number of carbonyl (C=O) groups excluding carboxylic acids is 1. The monoisotopic (exact) mass is 159 g/mol. The van der Waals surface area contributed by atoms with Gasteiger partial charge in [0.1, 0.15) is 0 Å². The number of thiazole rings is 1. The molecule has 0 bridgehead atoms. The van der Waals surface area contributed by atoms with Crippen molar-refractivity contribution >= 4 is 29.3 Å². The molecule has 0 saturated heterocycles. The molecular formula is C5H5NOS2. The molecule has 0 amide bonds. The number of Topliss-reactive ketones (excluding diaryl/α,β-unsaturated/α-hetero) is 1. The van der Waals surface area contributed by atoms with Crippen molar-refractivity contribution in [3.05, 3.63) is 15.0 Å². The molecule has 0 radical (unpaired) electrons. The Kier molecular flexibility index (Phi) is 1.78. The van der Waals surface area contributed by atoms with Crippen molar-refractivity contribution in [1.82, 2.24) is 4.98 Å². The molecule has 4 heteroatoms. The van der Waals surface area contributed by atoms with Gasteiger partial charge in [0, 0.05) is 13.1 Å². The Labute approximate surface area is 61.5 Å². The van der Waals surface area contributed by atoms with Crippen LogP contribution >= 0.6 is 23.6 Å². The molecule has 1 N–H and O–H groups in total. The third-order valence-corrected chi connectivity index (χ3v) is 2.17. The minimum Gasteiger partial charge on any atom is -0.343 e. The molecule has 0 atom stereocenters. The molecule has 0 spiro atoms. The SMILES string of the molecule is CC(=O)c1c[nH]c(=S)s1. The number of H-pyrrole nitrogens is 1. The molecule has 1 rings (SSSR count). The van der Waals surface area contributed by atoms with Gasteiger partial charge >= 0.3 is 0 Å². The lowest BCUT2D eigenvalue weighted by molar-refractivity contribution is 0.102. The van der Waals surface area contributed by atoms with E-state index in [9.17, 15) is 4.79 Å². The third kappa shape index (κ3) is 1.46. The Morgan fingerprint density at radius 2 is 2.56 bits per heavy atom. The first-order valence-electron chi connectivity index (χ1n) is 2.39. The maximum atomic E-state index is 10.6. The number of hydrogen-bond donors (Lipinski definition) is 1. The molecule has 48 valence electrons. The quantitative estimate of drug-likeness (QED) is 0.502. The number of aromatic nitrogens is 1. The molecule has 1 aromatic rings. The van der Waals surface area contributed by atoms with E-state index in [0.717, 1.165) is 0 Å². The van der Waals surface area contributed by atoms with Gasteiger partial charge in [0.2, 0.25) is 0 Å². The zero-order valence-electron chi connectivity index (χ0n) is 4.80. The van der Waals surface area contributed by atoms with Crippen LogP contribution in [0.5, 0.6) is 0 Å². The van der Waals surface area contributed by atoms with E-state index in [-0.39, 0.29) is 5.78 Å². The van der Waals surface area contributed by atoms with Crippen molar-refractivity contribution in [1.29, 1.82) is 0 Å². The van der Waals surface area contributed by atoms with Crippen LogP contribution in [0, 0.1) is 3.95 Å². The maximum absolute atomic E-state index is 10.6. The van der Waals surface area contributed by atoms with Crippen LogP contribution in [-0.4, -0.2) is 10.8 Å². The highest BCUT2D eigenvalue weighted by Gasteiger charge is 1.98. The number of carbonyl (C=O) groups is 1. The lowest BCUT2D eigenvalue weighted by Crippen LogP contribution is -1.83. The first kappa shape index (κ1) is 6.64. The normalized spacial score (nSPS) is 9.44. The molecule has 2 nitrogen and oxygen atoms in total. The summed E-state index contributed by atoms with van der Waals surface area (Å²) < 4.78 is 0.653. The van der Waals surface area contributed by atoms with Gasteiger partial charge < -0.3 is 4.98 Å². The molecule has 0 aliphatic rings. The zero-order chi connectivity index (χ0) is 6.85. The van der Waals surface area contributed by atoms with Gasteiger partial charge in [-0.25, -0.2) is 0 Å². The Morgan fingerprint density at radius 3 is 2.78 bits per heavy atom. The predicted molar refractivity (Wildman–Crippen MR) is 39.5 cm³/mol. The van der Waals surface area contributed by atoms with Gasteiger partial charge in [-0.15, -0.1) is 11.3 Å². The lowest BCUT2D eigenvalue weighted by Gasteiger charge is -1.78. The van der Waals surface area contributed by atoms with Gasteiger partial charge in [-0.05, 0) is 12.2 Å². The first-order chi connectivity index (χ1) is 4.20. The van der Waals surface area contributed by atoms with Crippen molar-refractivity contribution in [3.63, 3.8) is 0 Å². The highest BCUT2D eigenvalue weighted by atomic mass is 32.1. The topological polar surface area (TPSA) is 32.9 Å². The second-order valence-corrected chi connectivity index (χ2v) is 3.32. The van der Waals surface area contributed by atoms with E-state index in [4.69, 9.17) is 12.2 Å². The summed E-state index contributed by atoms with van der Waals surface area (Å²) in [5, 5.41) is 0. The second-order valence-electron chi connectivity index (χ2n) is 1.60. The van der Waals surface area contributed by atoms with E-state index in [2.05, 4.69) is 4.98 Å². The van der Waals surface area contributed by atoms with E-state index in [1.165, 1.54) is 18.3 Å². The molecule has 9 heavy (non-hydrogen) atoms. The molecular weight excluding hydrogens is 154 g/mol. The van der Waals surface area contributed by atoms with Crippen LogP contribution in [0.1, 0.15) is 16.6 Å². The van der Waals surface area contributed by atoms with Gasteiger partial charge in [-0.3, -0.25) is 4.79 Å². The Bertz CT molecular complexity index is 272. The van der Waals surface area contributed by atoms with Crippen molar-refractivity contribution in [3.8, 4) is 0 Å². The smallest absolute Gasteiger partial charge is 0.171 e. The van der Waals surface area contributed by atoms with Crippen LogP contribution in [0.25, 0.3) is 0 Å². The average molecular weight is 159 g/mol. The highest BCUT2D eigenvalue weighted by molar-refractivity contribution is 7.73. The summed E-state index contributed by atoms with van der Waals surface area (Å²) in [4.78, 5) is 14.1. The molecule has 1 aromatic heterocycles. The largest absolute Gasteiger partial charge is 0.343 e. The fourth-order valence-electron chi connectivity index (χ4n) is 0.457. The molecule has 0 saturated carbocycles. The molecule has 0 unspecified atom stereocenters. The first-order valence-corrected chi connectivity index (χ1v) is 3.62. The van der Waals surface area contributed by atoms with E-state index >= 15 is 0 Å². The van der Waals surface area contributed by atoms with E-state index in [1.807, 2.05) is 0 Å². The summed E-state index contributed by atoms with van der Waals surface area (Å²) in [6.45, 7) is 1.52. The van der Waals surface area contributed by atoms with E-state index in [0.29, 0.717) is 8.83 Å². The summed E-state index contributed by atoms with van der Waals surface area (Å²) >= 11 is 6.07. The molecule has 0 aromatic carbocycles. The van der Waals surface area contributed by atoms with Gasteiger partial charge in [0.25, 0.3) is 0 Å². The fourth-order valence-corrected chi connectivity index (χ4v) is 1.36. The molecule has 0 fully saturated rings. The van der Waals surface area contributed by atoms with E-state index < -0.39 is 0 Å². The molecule has 1 heterocycles. The van der Waals surface area contributed by atoms with Crippen LogP contribution < -0.4 is 0 Å². The van der Waals surface area contributed by atoms with Crippen LogP contribution in [0.2, 0.25) is 0 Å². The van der Waals surface area contributed by atoms with Crippen LogP contribution in [-0.2, 0) is 0 Å². The van der Waals surface area contributed by atoms with Crippen LogP contribution in [0.15, 0.2) is 6.20 Å². The number of ketones is 1. The molecule has 0 aliphatic carbocycles. The van der Waals surface area contributed by atoms with Crippen LogP contribution in [0.3, 0.4) is 0 Å². The third-order valence-electron chi connectivity index (χ3n) is 0.871. The van der Waals surface area contributed by atoms with Gasteiger partial charge in [-0.1, -0.05) is 0 Å². The standard InChI is InChI=1S/C5H5NOS2/c1-3(7)4-2-6-5(8)9-4/h2H,1H3,(H,6,8). The summed E-state index contributed by atoms with van der Waals surface area (Å²) in [7, 11) is 0. The summed E-state index contributed by atoms with van der Waals surface area (Å²) in [5.74, 6) is 0.0624. The lowest BCUT2D eigenvalue weighted by atomic mass is 10.4. The Morgan fingerprint density at radius 1 is 1.89 bits per heavy atom. The van der Waals surface area contributed by atoms with Gasteiger partial charge in [0.15, 0.2) is 9.74 Å².